The molecular weight excluding hydrogens is 386 g/mol. The lowest BCUT2D eigenvalue weighted by molar-refractivity contribution is -0.0750. The lowest BCUT2D eigenvalue weighted by Crippen LogP contribution is -2.42. The maximum absolute atomic E-state index is 12.7. The van der Waals surface area contributed by atoms with Crippen LogP contribution in [-0.4, -0.2) is 70.6 Å². The van der Waals surface area contributed by atoms with Crippen LogP contribution in [0.5, 0.6) is 0 Å². The van der Waals surface area contributed by atoms with Gasteiger partial charge in [-0.05, 0) is 12.6 Å². The molecule has 0 bridgehead atoms. The first-order chi connectivity index (χ1) is 12.4. The summed E-state index contributed by atoms with van der Waals surface area (Å²) in [5.41, 5.74) is -0.272. The molecule has 1 aliphatic heterocycles. The average molecular weight is 414 g/mol. The summed E-state index contributed by atoms with van der Waals surface area (Å²) in [6.07, 6.45) is 0.395. The first kappa shape index (κ1) is 22.2. The number of likely N-dealkylation sites (N-methyl/N-ethyl adjacent to an activating group) is 1. The molecule has 1 heterocycles. The molecule has 0 amide bonds. The van der Waals surface area contributed by atoms with Gasteiger partial charge in [-0.25, -0.2) is 10.5 Å². The number of rotatable bonds is 11. The minimum Gasteiger partial charge on any atom is -0.374 e. The predicted molar refractivity (Wildman–Crippen MR) is 95.0 cm³/mol. The molecule has 12 heteroatoms. The number of hydrogen-bond acceptors (Lipinski definition) is 10. The summed E-state index contributed by atoms with van der Waals surface area (Å²) < 4.78 is 50.5. The number of ether oxygens (including phenoxy) is 2. The van der Waals surface area contributed by atoms with Gasteiger partial charge in [0.15, 0.2) is 6.23 Å². The van der Waals surface area contributed by atoms with E-state index in [9.17, 15) is 4.57 Å². The highest BCUT2D eigenvalue weighted by molar-refractivity contribution is 7.55. The molecule has 2 aliphatic rings. The molecule has 0 spiro atoms. The molecular formula is C14H28N2O8P2. The van der Waals surface area contributed by atoms with E-state index < -0.39 is 40.7 Å². The highest BCUT2D eigenvalue weighted by atomic mass is 31.2. The van der Waals surface area contributed by atoms with E-state index in [2.05, 4.69) is 6.58 Å². The van der Waals surface area contributed by atoms with E-state index in [1.165, 1.54) is 21.3 Å². The van der Waals surface area contributed by atoms with Crippen molar-refractivity contribution < 1.29 is 36.8 Å². The van der Waals surface area contributed by atoms with Crippen molar-refractivity contribution in [3.05, 3.63) is 12.8 Å². The van der Waals surface area contributed by atoms with E-state index in [0.717, 1.165) is 0 Å². The highest BCUT2D eigenvalue weighted by Crippen LogP contribution is 2.66. The Morgan fingerprint density at radius 1 is 1.27 bits per heavy atom. The third-order valence-corrected chi connectivity index (χ3v) is 8.08. The maximum Gasteiger partial charge on any atom is 0.350 e. The van der Waals surface area contributed by atoms with Crippen molar-refractivity contribution in [2.75, 3.05) is 35.5 Å². The standard InChI is InChI=1S/C14H28N2O8P2/c1-7-16(2)14-13(18-3)12(23-25(19-4)24-15)11(22-14)9-8-10(9)26(17,20-5)21-6/h7,9-14H,1,8,15H2,2-6H3. The van der Waals surface area contributed by atoms with Gasteiger partial charge in [-0.1, -0.05) is 6.58 Å². The Morgan fingerprint density at radius 3 is 2.38 bits per heavy atom. The van der Waals surface area contributed by atoms with Gasteiger partial charge in [0.2, 0.25) is 0 Å². The van der Waals surface area contributed by atoms with Crippen molar-refractivity contribution in [2.24, 2.45) is 11.8 Å². The van der Waals surface area contributed by atoms with Gasteiger partial charge >= 0.3 is 16.2 Å². The number of nitrogens with two attached hydrogens (primary N) is 1. The Hall–Kier alpha value is -0.120. The van der Waals surface area contributed by atoms with Gasteiger partial charge in [-0.15, -0.1) is 0 Å². The molecule has 0 aromatic heterocycles. The zero-order valence-electron chi connectivity index (χ0n) is 15.6. The molecule has 2 fully saturated rings. The normalized spacial score (nSPS) is 35.3. The van der Waals surface area contributed by atoms with E-state index in [1.807, 2.05) is 7.05 Å². The summed E-state index contributed by atoms with van der Waals surface area (Å²) in [6.45, 7) is 3.76. The summed E-state index contributed by atoms with van der Waals surface area (Å²) in [5, 5.41) is 0. The van der Waals surface area contributed by atoms with Crippen LogP contribution in [0.2, 0.25) is 0 Å². The third kappa shape index (κ3) is 4.31. The Morgan fingerprint density at radius 2 is 1.92 bits per heavy atom. The second kappa shape index (κ2) is 9.39. The lowest BCUT2D eigenvalue weighted by atomic mass is 10.1. The average Bonchev–Trinajstić information content (AvgIpc) is 3.40. The van der Waals surface area contributed by atoms with E-state index in [1.54, 1.807) is 18.2 Å². The van der Waals surface area contributed by atoms with Crippen molar-refractivity contribution in [2.45, 2.75) is 36.6 Å². The molecule has 0 radical (unpaired) electrons. The van der Waals surface area contributed by atoms with Gasteiger partial charge < -0.3 is 32.5 Å². The molecule has 26 heavy (non-hydrogen) atoms. The van der Waals surface area contributed by atoms with E-state index >= 15 is 0 Å². The molecule has 7 unspecified atom stereocenters. The first-order valence-electron chi connectivity index (χ1n) is 8.02. The quantitative estimate of drug-likeness (QED) is 0.397. The van der Waals surface area contributed by atoms with Gasteiger partial charge in [0, 0.05) is 41.4 Å². The van der Waals surface area contributed by atoms with Gasteiger partial charge in [0.1, 0.15) is 12.2 Å². The van der Waals surface area contributed by atoms with Gasteiger partial charge in [0.05, 0.1) is 11.8 Å². The van der Waals surface area contributed by atoms with Crippen LogP contribution >= 0.6 is 16.2 Å². The smallest absolute Gasteiger partial charge is 0.350 e. The first-order valence-corrected chi connectivity index (χ1v) is 10.7. The molecule has 152 valence electrons. The van der Waals surface area contributed by atoms with E-state index in [4.69, 9.17) is 38.1 Å². The van der Waals surface area contributed by atoms with Crippen molar-refractivity contribution >= 4 is 16.2 Å². The second-order valence-electron chi connectivity index (χ2n) is 5.99. The van der Waals surface area contributed by atoms with Crippen LogP contribution < -0.4 is 5.90 Å². The Balaban J connectivity index is 2.24. The fourth-order valence-corrected chi connectivity index (χ4v) is 5.78. The highest BCUT2D eigenvalue weighted by Gasteiger charge is 2.62. The zero-order chi connectivity index (χ0) is 19.5. The number of hydrogen-bond donors (Lipinski definition) is 1. The molecule has 1 saturated carbocycles. The van der Waals surface area contributed by atoms with Crippen molar-refractivity contribution in [1.29, 1.82) is 0 Å². The van der Waals surface area contributed by atoms with Gasteiger partial charge in [-0.3, -0.25) is 4.57 Å². The van der Waals surface area contributed by atoms with Crippen molar-refractivity contribution in [1.82, 2.24) is 4.90 Å². The van der Waals surface area contributed by atoms with Crippen LogP contribution in [0.1, 0.15) is 6.42 Å². The molecule has 2 rings (SSSR count). The SMILES string of the molecule is C=CN(C)C1OC(C2CC2P(=O)(OC)OC)C(OP(OC)ON)C1OC. The molecule has 7 atom stereocenters. The molecule has 0 aromatic carbocycles. The Labute approximate surface area is 155 Å². The molecule has 1 aliphatic carbocycles. The summed E-state index contributed by atoms with van der Waals surface area (Å²) in [7, 11) is 2.60. The molecule has 1 saturated heterocycles. The minimum atomic E-state index is -3.20. The van der Waals surface area contributed by atoms with Crippen molar-refractivity contribution in [3.8, 4) is 0 Å². The van der Waals surface area contributed by atoms with E-state index in [-0.39, 0.29) is 11.6 Å². The molecule has 2 N–H and O–H groups in total. The Kier molecular flexibility index (Phi) is 8.00. The van der Waals surface area contributed by atoms with Crippen LogP contribution in [0.25, 0.3) is 0 Å². The monoisotopic (exact) mass is 414 g/mol. The third-order valence-electron chi connectivity index (χ3n) is 4.77. The van der Waals surface area contributed by atoms with Crippen LogP contribution in [0.15, 0.2) is 12.8 Å². The van der Waals surface area contributed by atoms with Gasteiger partial charge in [-0.2, -0.15) is 0 Å². The lowest BCUT2D eigenvalue weighted by Gasteiger charge is -2.28. The molecule has 0 aromatic rings. The number of nitrogens with zero attached hydrogens (tertiary/aromatic N) is 1. The van der Waals surface area contributed by atoms with Crippen molar-refractivity contribution in [3.63, 3.8) is 0 Å². The predicted octanol–water partition coefficient (Wildman–Crippen LogP) is 1.82. The molecule has 10 nitrogen and oxygen atoms in total. The van der Waals surface area contributed by atoms with E-state index in [0.29, 0.717) is 6.42 Å². The largest absolute Gasteiger partial charge is 0.374 e. The number of methoxy groups -OCH3 is 1. The fourth-order valence-electron chi connectivity index (χ4n) is 3.28. The zero-order valence-corrected chi connectivity index (χ0v) is 17.4. The van der Waals surface area contributed by atoms with Gasteiger partial charge in [0.25, 0.3) is 0 Å². The topological polar surface area (TPSA) is 111 Å². The van der Waals surface area contributed by atoms with Crippen LogP contribution in [0, 0.1) is 5.92 Å². The van der Waals surface area contributed by atoms with Crippen LogP contribution in [0.4, 0.5) is 0 Å². The van der Waals surface area contributed by atoms with Crippen LogP contribution in [-0.2, 0) is 36.8 Å². The second-order valence-corrected chi connectivity index (χ2v) is 9.70. The maximum atomic E-state index is 12.7. The van der Waals surface area contributed by atoms with Crippen LogP contribution in [0.3, 0.4) is 0 Å². The fraction of sp³-hybridized carbons (Fsp3) is 0.857. The summed E-state index contributed by atoms with van der Waals surface area (Å²) >= 11 is 0. The summed E-state index contributed by atoms with van der Waals surface area (Å²) in [5.74, 6) is 5.15. The summed E-state index contributed by atoms with van der Waals surface area (Å²) in [4.78, 5) is 1.78. The summed E-state index contributed by atoms with van der Waals surface area (Å²) in [6, 6.07) is 0. The Bertz CT molecular complexity index is 515. The minimum absolute atomic E-state index is 0.0851.